The molecule has 0 saturated heterocycles. The molecule has 168 valence electrons. The van der Waals surface area contributed by atoms with Crippen LogP contribution < -0.4 is 23.7 Å². The van der Waals surface area contributed by atoms with E-state index in [9.17, 15) is 9.59 Å². The van der Waals surface area contributed by atoms with Crippen LogP contribution in [0.5, 0.6) is 28.7 Å². The fourth-order valence-corrected chi connectivity index (χ4v) is 3.41. The first-order valence-electron chi connectivity index (χ1n) is 10.1. The summed E-state index contributed by atoms with van der Waals surface area (Å²) in [6.07, 6.45) is 1.68. The number of carbonyl (C=O) groups is 2. The maximum Gasteiger partial charge on any atom is 0.343 e. The van der Waals surface area contributed by atoms with Crippen LogP contribution in [0.15, 0.2) is 60.4 Å². The molecule has 1 aliphatic heterocycles. The number of allylic oxidation sites excluding steroid dienone is 1. The van der Waals surface area contributed by atoms with Gasteiger partial charge in [0.05, 0.1) is 32.5 Å². The SMILES string of the molecule is COc1cc(C(=O)Oc2ccc3c(c2)OC(=Cc2ccc(C)cc2)C3=O)cc(OC)c1OC. The van der Waals surface area contributed by atoms with E-state index in [-0.39, 0.29) is 22.9 Å². The molecule has 4 rings (SSSR count). The van der Waals surface area contributed by atoms with Crippen LogP contribution in [0.25, 0.3) is 6.08 Å². The van der Waals surface area contributed by atoms with Crippen molar-refractivity contribution in [1.82, 2.24) is 0 Å². The van der Waals surface area contributed by atoms with E-state index >= 15 is 0 Å². The number of fused-ring (bicyclic) bond motifs is 1. The van der Waals surface area contributed by atoms with Crippen molar-refractivity contribution in [3.05, 3.63) is 82.6 Å². The molecule has 0 bridgehead atoms. The fourth-order valence-electron chi connectivity index (χ4n) is 3.41. The maximum absolute atomic E-state index is 12.8. The highest BCUT2D eigenvalue weighted by Crippen LogP contribution is 2.39. The molecule has 0 unspecified atom stereocenters. The van der Waals surface area contributed by atoms with Gasteiger partial charge in [0.25, 0.3) is 0 Å². The fraction of sp³-hybridized carbons (Fsp3) is 0.154. The van der Waals surface area contributed by atoms with Gasteiger partial charge in [0.1, 0.15) is 11.5 Å². The Kier molecular flexibility index (Phi) is 6.04. The van der Waals surface area contributed by atoms with Crippen molar-refractivity contribution in [2.75, 3.05) is 21.3 Å². The lowest BCUT2D eigenvalue weighted by atomic mass is 10.1. The number of carbonyl (C=O) groups excluding carboxylic acids is 2. The Hall–Kier alpha value is -4.26. The minimum absolute atomic E-state index is 0.210. The van der Waals surface area contributed by atoms with Crippen LogP contribution >= 0.6 is 0 Å². The van der Waals surface area contributed by atoms with E-state index in [0.29, 0.717) is 28.6 Å². The van der Waals surface area contributed by atoms with Crippen molar-refractivity contribution in [2.45, 2.75) is 6.92 Å². The maximum atomic E-state index is 12.8. The first-order valence-corrected chi connectivity index (χ1v) is 10.1. The lowest BCUT2D eigenvalue weighted by molar-refractivity contribution is 0.0733. The molecular weight excluding hydrogens is 424 g/mol. The Morgan fingerprint density at radius 2 is 1.55 bits per heavy atom. The molecule has 0 N–H and O–H groups in total. The lowest BCUT2D eigenvalue weighted by Crippen LogP contribution is -2.09. The summed E-state index contributed by atoms with van der Waals surface area (Å²) >= 11 is 0. The average molecular weight is 446 g/mol. The average Bonchev–Trinajstić information content (AvgIpc) is 3.13. The topological polar surface area (TPSA) is 80.3 Å². The summed E-state index contributed by atoms with van der Waals surface area (Å²) in [5, 5.41) is 0. The Morgan fingerprint density at radius 1 is 0.879 bits per heavy atom. The van der Waals surface area contributed by atoms with Crippen molar-refractivity contribution >= 4 is 17.8 Å². The summed E-state index contributed by atoms with van der Waals surface area (Å²) in [6, 6.07) is 15.4. The van der Waals surface area contributed by atoms with Crippen LogP contribution in [-0.4, -0.2) is 33.1 Å². The second kappa shape index (κ2) is 9.08. The molecule has 0 aliphatic carbocycles. The summed E-state index contributed by atoms with van der Waals surface area (Å²) in [5.41, 5.74) is 2.59. The van der Waals surface area contributed by atoms with Crippen LogP contribution in [0.4, 0.5) is 0 Å². The normalized spacial score (nSPS) is 13.3. The number of aryl methyl sites for hydroxylation is 1. The number of hydrogen-bond acceptors (Lipinski definition) is 7. The molecule has 7 nitrogen and oxygen atoms in total. The monoisotopic (exact) mass is 446 g/mol. The zero-order valence-corrected chi connectivity index (χ0v) is 18.6. The number of ketones is 1. The van der Waals surface area contributed by atoms with Crippen molar-refractivity contribution in [2.24, 2.45) is 0 Å². The van der Waals surface area contributed by atoms with E-state index in [1.807, 2.05) is 31.2 Å². The number of esters is 1. The van der Waals surface area contributed by atoms with Gasteiger partial charge in [-0.15, -0.1) is 0 Å². The minimum atomic E-state index is -0.631. The van der Waals surface area contributed by atoms with Gasteiger partial charge >= 0.3 is 5.97 Å². The van der Waals surface area contributed by atoms with Gasteiger partial charge in [0.2, 0.25) is 11.5 Å². The number of ether oxygens (including phenoxy) is 5. The highest BCUT2D eigenvalue weighted by molar-refractivity contribution is 6.14. The van der Waals surface area contributed by atoms with Gasteiger partial charge in [-0.1, -0.05) is 29.8 Å². The van der Waals surface area contributed by atoms with Gasteiger partial charge in [-0.2, -0.15) is 0 Å². The molecule has 0 saturated carbocycles. The van der Waals surface area contributed by atoms with Crippen LogP contribution in [-0.2, 0) is 0 Å². The molecule has 7 heteroatoms. The summed E-state index contributed by atoms with van der Waals surface area (Å²) in [5.74, 6) is 0.943. The molecule has 0 spiro atoms. The summed E-state index contributed by atoms with van der Waals surface area (Å²) in [6.45, 7) is 1.99. The van der Waals surface area contributed by atoms with E-state index < -0.39 is 5.97 Å². The second-order valence-corrected chi connectivity index (χ2v) is 7.31. The minimum Gasteiger partial charge on any atom is -0.493 e. The number of Topliss-reactive ketones (excluding diaryl/α,β-unsaturated/α-hetero) is 1. The zero-order chi connectivity index (χ0) is 23.5. The summed E-state index contributed by atoms with van der Waals surface area (Å²) < 4.78 is 27.1. The van der Waals surface area contributed by atoms with Crippen LogP contribution in [0, 0.1) is 6.92 Å². The molecule has 0 radical (unpaired) electrons. The van der Waals surface area contributed by atoms with E-state index in [0.717, 1.165) is 11.1 Å². The smallest absolute Gasteiger partial charge is 0.343 e. The van der Waals surface area contributed by atoms with Gasteiger partial charge in [-0.3, -0.25) is 4.79 Å². The standard InChI is InChI=1S/C26H22O7/c1-15-5-7-16(8-6-15)11-21-24(27)19-10-9-18(14-20(19)33-21)32-26(28)17-12-22(29-2)25(31-4)23(13-17)30-3/h5-14H,1-4H3. The molecule has 0 fully saturated rings. The van der Waals surface area contributed by atoms with Crippen molar-refractivity contribution < 1.29 is 33.3 Å². The van der Waals surface area contributed by atoms with Gasteiger partial charge in [-0.25, -0.2) is 4.79 Å². The highest BCUT2D eigenvalue weighted by Gasteiger charge is 2.28. The Bertz CT molecular complexity index is 1230. The quantitative estimate of drug-likeness (QED) is 0.304. The van der Waals surface area contributed by atoms with Crippen LogP contribution in [0.2, 0.25) is 0 Å². The number of methoxy groups -OCH3 is 3. The molecule has 1 heterocycles. The molecule has 33 heavy (non-hydrogen) atoms. The number of benzene rings is 3. The van der Waals surface area contributed by atoms with Crippen LogP contribution in [0.3, 0.4) is 0 Å². The first-order chi connectivity index (χ1) is 15.9. The van der Waals surface area contributed by atoms with Gasteiger partial charge in [-0.05, 0) is 42.8 Å². The molecular formula is C26H22O7. The summed E-state index contributed by atoms with van der Waals surface area (Å²) in [7, 11) is 4.40. The summed E-state index contributed by atoms with van der Waals surface area (Å²) in [4.78, 5) is 25.4. The van der Waals surface area contributed by atoms with Gasteiger partial charge in [0.15, 0.2) is 17.3 Å². The largest absolute Gasteiger partial charge is 0.493 e. The first kappa shape index (κ1) is 22.0. The zero-order valence-electron chi connectivity index (χ0n) is 18.6. The Morgan fingerprint density at radius 3 is 2.15 bits per heavy atom. The molecule has 0 aromatic heterocycles. The Labute approximate surface area is 191 Å². The number of rotatable bonds is 6. The van der Waals surface area contributed by atoms with E-state index in [2.05, 4.69) is 0 Å². The van der Waals surface area contributed by atoms with E-state index in [1.165, 1.54) is 39.5 Å². The second-order valence-electron chi connectivity index (χ2n) is 7.31. The highest BCUT2D eigenvalue weighted by atomic mass is 16.5. The van der Waals surface area contributed by atoms with Crippen molar-refractivity contribution in [3.63, 3.8) is 0 Å². The predicted molar refractivity (Wildman–Crippen MR) is 122 cm³/mol. The van der Waals surface area contributed by atoms with Crippen molar-refractivity contribution in [3.8, 4) is 28.7 Å². The van der Waals surface area contributed by atoms with Crippen LogP contribution in [0.1, 0.15) is 31.8 Å². The third-order valence-corrected chi connectivity index (χ3v) is 5.13. The lowest BCUT2D eigenvalue weighted by Gasteiger charge is -2.13. The van der Waals surface area contributed by atoms with Gasteiger partial charge < -0.3 is 23.7 Å². The molecule has 1 aliphatic rings. The third kappa shape index (κ3) is 4.39. The van der Waals surface area contributed by atoms with Crippen molar-refractivity contribution in [1.29, 1.82) is 0 Å². The predicted octanol–water partition coefficient (Wildman–Crippen LogP) is 4.86. The number of hydrogen-bond donors (Lipinski definition) is 0. The Balaban J connectivity index is 1.56. The molecule has 0 atom stereocenters. The molecule has 3 aromatic rings. The van der Waals surface area contributed by atoms with E-state index in [1.54, 1.807) is 18.2 Å². The third-order valence-electron chi connectivity index (χ3n) is 5.13. The molecule has 3 aromatic carbocycles. The molecule has 0 amide bonds. The van der Waals surface area contributed by atoms with Gasteiger partial charge in [0, 0.05) is 6.07 Å². The van der Waals surface area contributed by atoms with E-state index in [4.69, 9.17) is 23.7 Å².